The van der Waals surface area contributed by atoms with Crippen LogP contribution in [0.15, 0.2) is 4.52 Å². The van der Waals surface area contributed by atoms with Crippen LogP contribution in [0, 0.1) is 5.41 Å². The van der Waals surface area contributed by atoms with Crippen LogP contribution in [0.2, 0.25) is 0 Å². The van der Waals surface area contributed by atoms with Crippen molar-refractivity contribution in [2.45, 2.75) is 52.7 Å². The molecule has 0 aromatic carbocycles. The van der Waals surface area contributed by atoms with Gasteiger partial charge in [-0.05, 0) is 18.9 Å². The van der Waals surface area contributed by atoms with Crippen LogP contribution in [0.1, 0.15) is 58.4 Å². The molecule has 1 N–H and O–H groups in total. The van der Waals surface area contributed by atoms with E-state index in [4.69, 9.17) is 14.0 Å². The molecule has 0 amide bonds. The zero-order valence-electron chi connectivity index (χ0n) is 13.7. The molecule has 0 spiro atoms. The van der Waals surface area contributed by atoms with E-state index in [1.54, 1.807) is 0 Å². The Morgan fingerprint density at radius 1 is 1.33 bits per heavy atom. The SMILES string of the molecule is CCNC1COCC1c1nc(C(OCC)C(C)(C)C)no1. The van der Waals surface area contributed by atoms with Gasteiger partial charge in [0.2, 0.25) is 11.7 Å². The van der Waals surface area contributed by atoms with Crippen molar-refractivity contribution < 1.29 is 14.0 Å². The Balaban J connectivity index is 2.16. The van der Waals surface area contributed by atoms with Gasteiger partial charge in [0.15, 0.2) is 0 Å². The zero-order chi connectivity index (χ0) is 15.5. The van der Waals surface area contributed by atoms with Gasteiger partial charge in [-0.3, -0.25) is 0 Å². The minimum absolute atomic E-state index is 0.0790. The molecule has 0 aliphatic carbocycles. The molecule has 0 saturated carbocycles. The summed E-state index contributed by atoms with van der Waals surface area (Å²) in [4.78, 5) is 4.59. The van der Waals surface area contributed by atoms with Crippen LogP contribution in [-0.4, -0.2) is 42.5 Å². The van der Waals surface area contributed by atoms with Crippen molar-refractivity contribution in [3.63, 3.8) is 0 Å². The van der Waals surface area contributed by atoms with Crippen molar-refractivity contribution in [1.29, 1.82) is 0 Å². The van der Waals surface area contributed by atoms with E-state index in [0.29, 0.717) is 31.5 Å². The molecular formula is C15H27N3O3. The molecule has 120 valence electrons. The molecular weight excluding hydrogens is 270 g/mol. The van der Waals surface area contributed by atoms with Crippen molar-refractivity contribution in [2.75, 3.05) is 26.4 Å². The fraction of sp³-hybridized carbons (Fsp3) is 0.867. The lowest BCUT2D eigenvalue weighted by atomic mass is 9.88. The second-order valence-corrected chi connectivity index (χ2v) is 6.50. The van der Waals surface area contributed by atoms with Gasteiger partial charge in [-0.25, -0.2) is 0 Å². The van der Waals surface area contributed by atoms with Crippen molar-refractivity contribution in [3.8, 4) is 0 Å². The third-order valence-corrected chi connectivity index (χ3v) is 3.68. The number of aromatic nitrogens is 2. The van der Waals surface area contributed by atoms with Crippen LogP contribution in [0.4, 0.5) is 0 Å². The van der Waals surface area contributed by atoms with Gasteiger partial charge in [0.05, 0.1) is 19.1 Å². The predicted octanol–water partition coefficient (Wildman–Crippen LogP) is 2.29. The summed E-state index contributed by atoms with van der Waals surface area (Å²) in [6.45, 7) is 13.2. The van der Waals surface area contributed by atoms with Gasteiger partial charge >= 0.3 is 0 Å². The van der Waals surface area contributed by atoms with Crippen molar-refractivity contribution in [3.05, 3.63) is 11.7 Å². The predicted molar refractivity (Wildman–Crippen MR) is 79.1 cm³/mol. The quantitative estimate of drug-likeness (QED) is 0.868. The molecule has 0 bridgehead atoms. The minimum Gasteiger partial charge on any atom is -0.379 e. The Morgan fingerprint density at radius 2 is 2.10 bits per heavy atom. The molecule has 0 radical (unpaired) electrons. The van der Waals surface area contributed by atoms with Gasteiger partial charge in [0.1, 0.15) is 6.10 Å². The zero-order valence-corrected chi connectivity index (χ0v) is 13.7. The largest absolute Gasteiger partial charge is 0.379 e. The van der Waals surface area contributed by atoms with Crippen molar-refractivity contribution in [1.82, 2.24) is 15.5 Å². The van der Waals surface area contributed by atoms with Crippen LogP contribution in [0.3, 0.4) is 0 Å². The average molecular weight is 297 g/mol. The highest BCUT2D eigenvalue weighted by Crippen LogP contribution is 2.35. The van der Waals surface area contributed by atoms with Gasteiger partial charge in [-0.2, -0.15) is 4.98 Å². The van der Waals surface area contributed by atoms with Crippen LogP contribution in [-0.2, 0) is 9.47 Å². The molecule has 6 heteroatoms. The number of ether oxygens (including phenoxy) is 2. The van der Waals surface area contributed by atoms with Gasteiger partial charge in [-0.15, -0.1) is 0 Å². The number of hydrogen-bond donors (Lipinski definition) is 1. The Morgan fingerprint density at radius 3 is 2.71 bits per heavy atom. The molecule has 3 atom stereocenters. The van der Waals surface area contributed by atoms with Crippen LogP contribution in [0.5, 0.6) is 0 Å². The average Bonchev–Trinajstić information content (AvgIpc) is 3.03. The van der Waals surface area contributed by atoms with Gasteiger partial charge < -0.3 is 19.3 Å². The molecule has 1 aromatic rings. The second-order valence-electron chi connectivity index (χ2n) is 6.50. The topological polar surface area (TPSA) is 69.4 Å². The fourth-order valence-corrected chi connectivity index (χ4v) is 2.64. The molecule has 3 unspecified atom stereocenters. The maximum absolute atomic E-state index is 5.81. The van der Waals surface area contributed by atoms with Crippen molar-refractivity contribution >= 4 is 0 Å². The van der Waals surface area contributed by atoms with E-state index in [-0.39, 0.29) is 23.5 Å². The summed E-state index contributed by atoms with van der Waals surface area (Å²) in [6.07, 6.45) is -0.167. The first-order valence-electron chi connectivity index (χ1n) is 7.73. The fourth-order valence-electron chi connectivity index (χ4n) is 2.64. The van der Waals surface area contributed by atoms with E-state index in [1.165, 1.54) is 0 Å². The summed E-state index contributed by atoms with van der Waals surface area (Å²) < 4.78 is 16.8. The summed E-state index contributed by atoms with van der Waals surface area (Å²) in [6, 6.07) is 0.239. The Hall–Kier alpha value is -0.980. The standard InChI is InChI=1S/C15H27N3O3/c1-6-16-11-9-19-8-10(11)14-17-13(18-21-14)12(20-7-2)15(3,4)5/h10-12,16H,6-9H2,1-5H3. The van der Waals surface area contributed by atoms with Crippen LogP contribution >= 0.6 is 0 Å². The lowest BCUT2D eigenvalue weighted by molar-refractivity contribution is -0.0203. The summed E-state index contributed by atoms with van der Waals surface area (Å²) in [5.74, 6) is 1.39. The third kappa shape index (κ3) is 3.81. The first-order valence-corrected chi connectivity index (χ1v) is 7.73. The van der Waals surface area contributed by atoms with E-state index >= 15 is 0 Å². The summed E-state index contributed by atoms with van der Waals surface area (Å²) >= 11 is 0. The van der Waals surface area contributed by atoms with Crippen molar-refractivity contribution in [2.24, 2.45) is 5.41 Å². The molecule has 6 nitrogen and oxygen atoms in total. The number of nitrogens with zero attached hydrogens (tertiary/aromatic N) is 2. The highest BCUT2D eigenvalue weighted by Gasteiger charge is 2.36. The Kier molecular flexibility index (Phi) is 5.35. The normalized spacial score (nSPS) is 24.4. The van der Waals surface area contributed by atoms with E-state index in [1.807, 2.05) is 6.92 Å². The number of nitrogens with one attached hydrogen (secondary N) is 1. The molecule has 2 rings (SSSR count). The highest BCUT2D eigenvalue weighted by molar-refractivity contribution is 5.05. The Labute approximate surface area is 126 Å². The molecule has 1 aliphatic heterocycles. The summed E-state index contributed by atoms with van der Waals surface area (Å²) in [5, 5.41) is 7.55. The molecule has 1 fully saturated rings. The van der Waals surface area contributed by atoms with Crippen LogP contribution in [0.25, 0.3) is 0 Å². The maximum Gasteiger partial charge on any atom is 0.233 e. The number of hydrogen-bond acceptors (Lipinski definition) is 6. The van der Waals surface area contributed by atoms with E-state index in [0.717, 1.165) is 6.54 Å². The number of likely N-dealkylation sites (N-methyl/N-ethyl adjacent to an activating group) is 1. The maximum atomic E-state index is 5.81. The first-order chi connectivity index (χ1) is 9.97. The molecule has 2 heterocycles. The molecule has 21 heavy (non-hydrogen) atoms. The minimum atomic E-state index is -0.167. The summed E-state index contributed by atoms with van der Waals surface area (Å²) in [7, 11) is 0. The van der Waals surface area contributed by atoms with E-state index < -0.39 is 0 Å². The van der Waals surface area contributed by atoms with E-state index in [9.17, 15) is 0 Å². The number of rotatable bonds is 6. The van der Waals surface area contributed by atoms with Gasteiger partial charge in [-0.1, -0.05) is 32.9 Å². The van der Waals surface area contributed by atoms with Gasteiger partial charge in [0, 0.05) is 12.6 Å². The molecule has 1 aliphatic rings. The Bertz CT molecular complexity index is 442. The monoisotopic (exact) mass is 297 g/mol. The smallest absolute Gasteiger partial charge is 0.233 e. The third-order valence-electron chi connectivity index (χ3n) is 3.68. The summed E-state index contributed by atoms with van der Waals surface area (Å²) in [5.41, 5.74) is -0.0790. The lowest BCUT2D eigenvalue weighted by Gasteiger charge is -2.27. The van der Waals surface area contributed by atoms with Gasteiger partial charge in [0.25, 0.3) is 0 Å². The first kappa shape index (κ1) is 16.4. The highest BCUT2D eigenvalue weighted by atomic mass is 16.5. The van der Waals surface area contributed by atoms with E-state index in [2.05, 4.69) is 43.2 Å². The molecule has 1 aromatic heterocycles. The van der Waals surface area contributed by atoms with Crippen LogP contribution < -0.4 is 5.32 Å². The lowest BCUT2D eigenvalue weighted by Crippen LogP contribution is -2.34. The second kappa shape index (κ2) is 6.85. The molecule has 1 saturated heterocycles.